The third-order valence-corrected chi connectivity index (χ3v) is 3.32. The van der Waals surface area contributed by atoms with Gasteiger partial charge in [-0.15, -0.1) is 0 Å². The molecule has 98 valence electrons. The molecule has 1 aromatic heterocycles. The monoisotopic (exact) mass is 256 g/mol. The average molecular weight is 256 g/mol. The third kappa shape index (κ3) is 1.28. The number of hydrogen-bond donors (Lipinski definition) is 3. The molecule has 4 atom stereocenters. The molecule has 0 unspecified atom stereocenters. The topological polar surface area (TPSA) is 114 Å². The van der Waals surface area contributed by atoms with Crippen molar-refractivity contribution < 1.29 is 24.8 Å². The number of fused-ring (bicyclic) bond motifs is 3. The second-order valence-electron chi connectivity index (χ2n) is 4.29. The van der Waals surface area contributed by atoms with Crippen molar-refractivity contribution in [3.63, 3.8) is 0 Å². The fourth-order valence-corrected chi connectivity index (χ4v) is 2.44. The van der Waals surface area contributed by atoms with E-state index in [1.165, 1.54) is 16.8 Å². The summed E-state index contributed by atoms with van der Waals surface area (Å²) in [5, 5.41) is 28.6. The van der Waals surface area contributed by atoms with E-state index in [2.05, 4.69) is 4.98 Å². The number of aromatic nitrogens is 2. The lowest BCUT2D eigenvalue weighted by molar-refractivity contribution is -0.145. The number of hydrogen-bond acceptors (Lipinski definition) is 7. The summed E-state index contributed by atoms with van der Waals surface area (Å²) in [6.07, 6.45) is -1.49. The molecule has 3 rings (SSSR count). The molecule has 8 heteroatoms. The van der Waals surface area contributed by atoms with E-state index >= 15 is 0 Å². The van der Waals surface area contributed by atoms with Crippen LogP contribution in [-0.4, -0.2) is 56.4 Å². The van der Waals surface area contributed by atoms with E-state index in [4.69, 9.17) is 14.6 Å². The summed E-state index contributed by atoms with van der Waals surface area (Å²) in [6, 6.07) is 1.19. The van der Waals surface area contributed by atoms with Gasteiger partial charge in [-0.25, -0.2) is 0 Å². The molecule has 0 aliphatic carbocycles. The van der Waals surface area contributed by atoms with Crippen molar-refractivity contribution in [1.82, 2.24) is 9.55 Å². The SMILES string of the molecule is O=c1ccn2c(n1)O[C@H]1[C@@H](O)[C@@H](CO)O[C@]12CO. The lowest BCUT2D eigenvalue weighted by Gasteiger charge is -2.26. The molecule has 0 saturated carbocycles. The van der Waals surface area contributed by atoms with Gasteiger partial charge in [0, 0.05) is 12.3 Å². The van der Waals surface area contributed by atoms with Crippen molar-refractivity contribution in [3.05, 3.63) is 22.6 Å². The fraction of sp³-hybridized carbons (Fsp3) is 0.600. The maximum absolute atomic E-state index is 11.1. The number of nitrogens with zero attached hydrogens (tertiary/aromatic N) is 2. The fourth-order valence-electron chi connectivity index (χ4n) is 2.44. The molecule has 2 aliphatic rings. The Morgan fingerprint density at radius 2 is 2.28 bits per heavy atom. The number of aliphatic hydroxyl groups is 3. The van der Waals surface area contributed by atoms with Gasteiger partial charge in [-0.2, -0.15) is 4.98 Å². The highest BCUT2D eigenvalue weighted by Gasteiger charge is 2.61. The minimum atomic E-state index is -1.34. The quantitative estimate of drug-likeness (QED) is 0.531. The highest BCUT2D eigenvalue weighted by molar-refractivity contribution is 5.16. The molecular formula is C10H12N2O6. The van der Waals surface area contributed by atoms with Crippen LogP contribution in [0.15, 0.2) is 17.1 Å². The Balaban J connectivity index is 2.11. The molecule has 0 spiro atoms. The minimum absolute atomic E-state index is 0.0167. The highest BCUT2D eigenvalue weighted by atomic mass is 16.6. The lowest BCUT2D eigenvalue weighted by Crippen LogP contribution is -2.45. The van der Waals surface area contributed by atoms with E-state index in [0.29, 0.717) is 0 Å². The Morgan fingerprint density at radius 3 is 2.94 bits per heavy atom. The van der Waals surface area contributed by atoms with Crippen LogP contribution < -0.4 is 10.3 Å². The zero-order valence-corrected chi connectivity index (χ0v) is 9.26. The third-order valence-electron chi connectivity index (χ3n) is 3.32. The predicted molar refractivity (Wildman–Crippen MR) is 55.9 cm³/mol. The minimum Gasteiger partial charge on any atom is -0.453 e. The van der Waals surface area contributed by atoms with E-state index in [-0.39, 0.29) is 6.01 Å². The molecule has 1 saturated heterocycles. The molecule has 1 aromatic rings. The highest BCUT2D eigenvalue weighted by Crippen LogP contribution is 2.43. The molecule has 3 N–H and O–H groups in total. The van der Waals surface area contributed by atoms with Gasteiger partial charge >= 0.3 is 6.01 Å². The molecule has 3 heterocycles. The molecule has 8 nitrogen and oxygen atoms in total. The Labute approximate surface area is 101 Å². The van der Waals surface area contributed by atoms with Gasteiger partial charge in [0.05, 0.1) is 13.2 Å². The summed E-state index contributed by atoms with van der Waals surface area (Å²) in [5.74, 6) is 0. The molecule has 0 bridgehead atoms. The van der Waals surface area contributed by atoms with Crippen LogP contribution in [0.3, 0.4) is 0 Å². The Morgan fingerprint density at radius 1 is 1.50 bits per heavy atom. The van der Waals surface area contributed by atoms with E-state index in [0.717, 1.165) is 0 Å². The molecule has 0 radical (unpaired) electrons. The van der Waals surface area contributed by atoms with E-state index < -0.39 is 42.8 Å². The van der Waals surface area contributed by atoms with E-state index in [9.17, 15) is 15.0 Å². The smallest absolute Gasteiger partial charge is 0.302 e. The summed E-state index contributed by atoms with van der Waals surface area (Å²) in [6.45, 7) is -0.867. The van der Waals surface area contributed by atoms with Crippen molar-refractivity contribution in [2.45, 2.75) is 24.0 Å². The van der Waals surface area contributed by atoms with Gasteiger partial charge in [0.2, 0.25) is 5.72 Å². The average Bonchev–Trinajstić information content (AvgIpc) is 2.82. The van der Waals surface area contributed by atoms with Crippen molar-refractivity contribution in [3.8, 4) is 6.01 Å². The summed E-state index contributed by atoms with van der Waals surface area (Å²) < 4.78 is 12.2. The second kappa shape index (κ2) is 3.75. The van der Waals surface area contributed by atoms with E-state index in [1.807, 2.05) is 0 Å². The first-order chi connectivity index (χ1) is 8.62. The van der Waals surface area contributed by atoms with Crippen LogP contribution in [0.4, 0.5) is 0 Å². The van der Waals surface area contributed by atoms with Gasteiger partial charge < -0.3 is 24.8 Å². The van der Waals surface area contributed by atoms with Gasteiger partial charge in [-0.3, -0.25) is 9.36 Å². The molecule has 0 amide bonds. The lowest BCUT2D eigenvalue weighted by atomic mass is 10.0. The van der Waals surface area contributed by atoms with Crippen molar-refractivity contribution >= 4 is 0 Å². The normalized spacial score (nSPS) is 37.2. The first kappa shape index (κ1) is 11.6. The first-order valence-corrected chi connectivity index (χ1v) is 5.47. The molecular weight excluding hydrogens is 244 g/mol. The standard InChI is InChI=1S/C10H12N2O6/c13-3-5-7(16)8-10(4-14,18-5)12-2-1-6(15)11-9(12)17-8/h1-2,5,7-8,13-14,16H,3-4H2/t5-,7+,8+,10-/m1/s1. The molecule has 2 aliphatic heterocycles. The van der Waals surface area contributed by atoms with Gasteiger partial charge in [-0.05, 0) is 0 Å². The summed E-state index contributed by atoms with van der Waals surface area (Å²) in [5.41, 5.74) is -1.83. The van der Waals surface area contributed by atoms with Crippen LogP contribution in [0.25, 0.3) is 0 Å². The van der Waals surface area contributed by atoms with Crippen LogP contribution in [-0.2, 0) is 10.5 Å². The zero-order chi connectivity index (χ0) is 12.9. The van der Waals surface area contributed by atoms with Crippen molar-refractivity contribution in [2.75, 3.05) is 13.2 Å². The van der Waals surface area contributed by atoms with Crippen molar-refractivity contribution in [2.24, 2.45) is 0 Å². The van der Waals surface area contributed by atoms with Crippen LogP contribution in [0.5, 0.6) is 6.01 Å². The van der Waals surface area contributed by atoms with Crippen LogP contribution in [0.2, 0.25) is 0 Å². The Bertz CT molecular complexity index is 531. The second-order valence-corrected chi connectivity index (χ2v) is 4.29. The van der Waals surface area contributed by atoms with Gasteiger partial charge in [0.25, 0.3) is 5.56 Å². The maximum Gasteiger partial charge on any atom is 0.302 e. The molecule has 1 fully saturated rings. The zero-order valence-electron chi connectivity index (χ0n) is 9.26. The van der Waals surface area contributed by atoms with Crippen LogP contribution in [0.1, 0.15) is 0 Å². The summed E-state index contributed by atoms with van der Waals surface area (Å²) in [7, 11) is 0. The maximum atomic E-state index is 11.1. The molecule has 0 aromatic carbocycles. The largest absolute Gasteiger partial charge is 0.453 e. The first-order valence-electron chi connectivity index (χ1n) is 5.47. The number of ether oxygens (including phenoxy) is 2. The van der Waals surface area contributed by atoms with Crippen LogP contribution in [0, 0.1) is 0 Å². The van der Waals surface area contributed by atoms with Gasteiger partial charge in [0.1, 0.15) is 12.2 Å². The predicted octanol–water partition coefficient (Wildman–Crippen LogP) is -2.60. The van der Waals surface area contributed by atoms with Crippen LogP contribution >= 0.6 is 0 Å². The van der Waals surface area contributed by atoms with Gasteiger partial charge in [-0.1, -0.05) is 0 Å². The van der Waals surface area contributed by atoms with E-state index in [1.54, 1.807) is 0 Å². The number of rotatable bonds is 2. The number of aliphatic hydroxyl groups excluding tert-OH is 3. The summed E-state index contributed by atoms with van der Waals surface area (Å²) >= 11 is 0. The van der Waals surface area contributed by atoms with Crippen molar-refractivity contribution in [1.29, 1.82) is 0 Å². The molecule has 18 heavy (non-hydrogen) atoms. The Hall–Kier alpha value is -1.48. The Kier molecular flexibility index (Phi) is 2.42. The summed E-state index contributed by atoms with van der Waals surface area (Å²) in [4.78, 5) is 14.8. The van der Waals surface area contributed by atoms with Gasteiger partial charge in [0.15, 0.2) is 6.10 Å².